The van der Waals surface area contributed by atoms with Crippen molar-refractivity contribution in [2.75, 3.05) is 7.11 Å². The largest absolute Gasteiger partial charge is 0.496 e. The molecule has 0 aliphatic carbocycles. The minimum Gasteiger partial charge on any atom is -0.496 e. The molecular formula is C11H9ClN2O3. The molecule has 0 aliphatic heterocycles. The zero-order valence-electron chi connectivity index (χ0n) is 9.23. The van der Waals surface area contributed by atoms with Crippen LogP contribution in [-0.4, -0.2) is 17.0 Å². The van der Waals surface area contributed by atoms with Crippen LogP contribution in [0.25, 0.3) is 10.9 Å². The van der Waals surface area contributed by atoms with E-state index in [-0.39, 0.29) is 10.7 Å². The van der Waals surface area contributed by atoms with Gasteiger partial charge in [-0.1, -0.05) is 17.7 Å². The number of hydrogen-bond donors (Lipinski definition) is 0. The van der Waals surface area contributed by atoms with Gasteiger partial charge in [-0.05, 0) is 18.6 Å². The Morgan fingerprint density at radius 3 is 2.76 bits per heavy atom. The molecule has 1 aromatic heterocycles. The summed E-state index contributed by atoms with van der Waals surface area (Å²) < 4.78 is 5.15. The Labute approximate surface area is 102 Å². The summed E-state index contributed by atoms with van der Waals surface area (Å²) in [5, 5.41) is 11.3. The van der Waals surface area contributed by atoms with Crippen LogP contribution < -0.4 is 4.74 Å². The highest BCUT2D eigenvalue weighted by atomic mass is 35.5. The molecule has 0 amide bonds. The summed E-state index contributed by atoms with van der Waals surface area (Å²) in [4.78, 5) is 14.3. The van der Waals surface area contributed by atoms with Gasteiger partial charge in [0.2, 0.25) is 0 Å². The van der Waals surface area contributed by atoms with Gasteiger partial charge in [-0.15, -0.1) is 0 Å². The highest BCUT2D eigenvalue weighted by Crippen LogP contribution is 2.37. The molecule has 0 aliphatic rings. The van der Waals surface area contributed by atoms with Crippen molar-refractivity contribution in [2.45, 2.75) is 6.92 Å². The third-order valence-electron chi connectivity index (χ3n) is 2.52. The number of ether oxygens (including phenoxy) is 1. The van der Waals surface area contributed by atoms with Crippen molar-refractivity contribution in [2.24, 2.45) is 0 Å². The van der Waals surface area contributed by atoms with Crippen LogP contribution in [-0.2, 0) is 0 Å². The summed E-state index contributed by atoms with van der Waals surface area (Å²) in [6.07, 6.45) is 1.16. The van der Waals surface area contributed by atoms with E-state index < -0.39 is 4.92 Å². The molecule has 17 heavy (non-hydrogen) atoms. The predicted octanol–water partition coefficient (Wildman–Crippen LogP) is 3.11. The Kier molecular flexibility index (Phi) is 2.85. The summed E-state index contributed by atoms with van der Waals surface area (Å²) >= 11 is 6.03. The molecule has 0 atom stereocenters. The van der Waals surface area contributed by atoms with E-state index in [0.717, 1.165) is 11.8 Å². The Balaban J connectivity index is 2.92. The highest BCUT2D eigenvalue weighted by molar-refractivity contribution is 6.38. The van der Waals surface area contributed by atoms with Crippen molar-refractivity contribution in [3.63, 3.8) is 0 Å². The van der Waals surface area contributed by atoms with Crippen molar-refractivity contribution < 1.29 is 9.66 Å². The van der Waals surface area contributed by atoms with E-state index in [4.69, 9.17) is 16.3 Å². The quantitative estimate of drug-likeness (QED) is 0.608. The van der Waals surface area contributed by atoms with Gasteiger partial charge in [0.1, 0.15) is 17.0 Å². The van der Waals surface area contributed by atoms with Gasteiger partial charge in [-0.2, -0.15) is 0 Å². The van der Waals surface area contributed by atoms with Crippen LogP contribution in [0.3, 0.4) is 0 Å². The normalized spacial score (nSPS) is 10.5. The molecule has 0 fully saturated rings. The average molecular weight is 253 g/mol. The van der Waals surface area contributed by atoms with Crippen LogP contribution in [0.4, 0.5) is 5.69 Å². The maximum Gasteiger partial charge on any atom is 0.306 e. The van der Waals surface area contributed by atoms with Crippen molar-refractivity contribution in [1.82, 2.24) is 4.98 Å². The molecule has 88 valence electrons. The zero-order chi connectivity index (χ0) is 12.6. The molecular weight excluding hydrogens is 244 g/mol. The zero-order valence-corrected chi connectivity index (χ0v) is 9.99. The Bertz CT molecular complexity index is 613. The standard InChI is InChI=1S/C11H9ClN2O3/c1-6-3-4-8(17-2)9-10(12)7(14(15)16)5-13-11(6)9/h3-5H,1-2H3. The summed E-state index contributed by atoms with van der Waals surface area (Å²) in [6.45, 7) is 1.86. The Morgan fingerprint density at radius 2 is 2.18 bits per heavy atom. The minimum atomic E-state index is -0.559. The van der Waals surface area contributed by atoms with E-state index in [2.05, 4.69) is 4.98 Å². The van der Waals surface area contributed by atoms with Gasteiger partial charge in [0.05, 0.1) is 22.9 Å². The van der Waals surface area contributed by atoms with E-state index in [1.807, 2.05) is 13.0 Å². The van der Waals surface area contributed by atoms with Crippen molar-refractivity contribution in [3.05, 3.63) is 39.0 Å². The second kappa shape index (κ2) is 4.18. The van der Waals surface area contributed by atoms with Crippen LogP contribution in [0.2, 0.25) is 5.02 Å². The number of nitro groups is 1. The van der Waals surface area contributed by atoms with Gasteiger partial charge in [0, 0.05) is 0 Å². The molecule has 1 heterocycles. The lowest BCUT2D eigenvalue weighted by molar-refractivity contribution is -0.384. The molecule has 0 N–H and O–H groups in total. The van der Waals surface area contributed by atoms with Gasteiger partial charge >= 0.3 is 5.69 Å². The molecule has 1 aromatic carbocycles. The van der Waals surface area contributed by atoms with Gasteiger partial charge in [-0.25, -0.2) is 4.98 Å². The lowest BCUT2D eigenvalue weighted by atomic mass is 10.1. The summed E-state index contributed by atoms with van der Waals surface area (Å²) in [5.74, 6) is 0.479. The first-order chi connectivity index (χ1) is 8.06. The topological polar surface area (TPSA) is 65.3 Å². The fourth-order valence-electron chi connectivity index (χ4n) is 1.66. The lowest BCUT2D eigenvalue weighted by Crippen LogP contribution is -1.95. The number of halogens is 1. The van der Waals surface area contributed by atoms with Gasteiger partial charge in [0.15, 0.2) is 0 Å². The van der Waals surface area contributed by atoms with Crippen LogP contribution in [0, 0.1) is 17.0 Å². The number of hydrogen-bond acceptors (Lipinski definition) is 4. The maximum absolute atomic E-state index is 10.8. The van der Waals surface area contributed by atoms with Crippen LogP contribution in [0.5, 0.6) is 5.75 Å². The molecule has 0 spiro atoms. The first kappa shape index (κ1) is 11.6. The highest BCUT2D eigenvalue weighted by Gasteiger charge is 2.19. The molecule has 2 rings (SSSR count). The molecule has 0 unspecified atom stereocenters. The maximum atomic E-state index is 10.8. The third kappa shape index (κ3) is 1.78. The second-order valence-electron chi connectivity index (χ2n) is 3.52. The smallest absolute Gasteiger partial charge is 0.306 e. The van der Waals surface area contributed by atoms with E-state index in [1.54, 1.807) is 6.07 Å². The Hall–Kier alpha value is -1.88. The molecule has 0 bridgehead atoms. The van der Waals surface area contributed by atoms with Crippen LogP contribution >= 0.6 is 11.6 Å². The first-order valence-corrected chi connectivity index (χ1v) is 5.20. The Morgan fingerprint density at radius 1 is 1.47 bits per heavy atom. The molecule has 0 saturated carbocycles. The van der Waals surface area contributed by atoms with E-state index in [0.29, 0.717) is 16.7 Å². The SMILES string of the molecule is COc1ccc(C)c2ncc([N+](=O)[O-])c(Cl)c12. The van der Waals surface area contributed by atoms with Crippen molar-refractivity contribution >= 4 is 28.2 Å². The average Bonchev–Trinajstić information content (AvgIpc) is 2.30. The van der Waals surface area contributed by atoms with Crippen molar-refractivity contribution in [3.8, 4) is 5.75 Å². The minimum absolute atomic E-state index is 0.0561. The van der Waals surface area contributed by atoms with E-state index >= 15 is 0 Å². The summed E-state index contributed by atoms with van der Waals surface area (Å²) in [5.41, 5.74) is 1.28. The second-order valence-corrected chi connectivity index (χ2v) is 3.90. The summed E-state index contributed by atoms with van der Waals surface area (Å²) in [7, 11) is 1.49. The lowest BCUT2D eigenvalue weighted by Gasteiger charge is -2.08. The monoisotopic (exact) mass is 252 g/mol. The number of rotatable bonds is 2. The van der Waals surface area contributed by atoms with Gasteiger partial charge in [0.25, 0.3) is 0 Å². The molecule has 2 aromatic rings. The molecule has 0 radical (unpaired) electrons. The summed E-state index contributed by atoms with van der Waals surface area (Å²) in [6, 6.07) is 3.55. The molecule has 6 heteroatoms. The number of aromatic nitrogens is 1. The van der Waals surface area contributed by atoms with E-state index in [9.17, 15) is 10.1 Å². The number of nitrogens with zero attached hydrogens (tertiary/aromatic N) is 2. The van der Waals surface area contributed by atoms with Crippen LogP contribution in [0.15, 0.2) is 18.3 Å². The number of pyridine rings is 1. The van der Waals surface area contributed by atoms with Gasteiger partial charge in [-0.3, -0.25) is 10.1 Å². The number of fused-ring (bicyclic) bond motifs is 1. The van der Waals surface area contributed by atoms with Gasteiger partial charge < -0.3 is 4.74 Å². The fraction of sp³-hybridized carbons (Fsp3) is 0.182. The van der Waals surface area contributed by atoms with Crippen LogP contribution in [0.1, 0.15) is 5.56 Å². The molecule has 0 saturated heterocycles. The van der Waals surface area contributed by atoms with E-state index in [1.165, 1.54) is 7.11 Å². The van der Waals surface area contributed by atoms with Crippen molar-refractivity contribution in [1.29, 1.82) is 0 Å². The fourth-order valence-corrected chi connectivity index (χ4v) is 1.96. The first-order valence-electron chi connectivity index (χ1n) is 4.82. The number of benzene rings is 1. The number of aryl methyl sites for hydroxylation is 1. The molecule has 5 nitrogen and oxygen atoms in total. The number of methoxy groups -OCH3 is 1. The predicted molar refractivity (Wildman–Crippen MR) is 64.7 cm³/mol. The third-order valence-corrected chi connectivity index (χ3v) is 2.90.